The Morgan fingerprint density at radius 1 is 1.06 bits per heavy atom. The summed E-state index contributed by atoms with van der Waals surface area (Å²) >= 11 is 0. The molecule has 5 rings (SSSR count). The standard InChI is InChI=1S/C26H26F2N6O2/c1-15(2)33-14-17-20(30-33)7-8-21(24(17)32-12-11-16(3)13-32)29-26(36)22-9-10-23(35)34(31-22)25-18(27)5-4-6-19(25)28/h4-10,14-16H,11-13H2,1-3H3,(H,29,36). The van der Waals surface area contributed by atoms with Crippen molar-refractivity contribution in [3.05, 3.63) is 76.3 Å². The molecule has 10 heteroatoms. The number of carbonyl (C=O) groups excluding carboxylic acids is 1. The lowest BCUT2D eigenvalue weighted by atomic mass is 10.1. The van der Waals surface area contributed by atoms with Gasteiger partial charge in [0.2, 0.25) is 0 Å². The number of rotatable bonds is 5. The van der Waals surface area contributed by atoms with Crippen LogP contribution in [0.25, 0.3) is 16.6 Å². The average molecular weight is 493 g/mol. The van der Waals surface area contributed by atoms with Crippen molar-refractivity contribution in [2.24, 2.45) is 5.92 Å². The normalized spacial score (nSPS) is 15.7. The van der Waals surface area contributed by atoms with Gasteiger partial charge in [0.15, 0.2) is 11.6 Å². The van der Waals surface area contributed by atoms with Crippen LogP contribution in [0.3, 0.4) is 0 Å². The molecule has 4 aromatic rings. The van der Waals surface area contributed by atoms with Crippen LogP contribution in [0.1, 0.15) is 43.7 Å². The summed E-state index contributed by atoms with van der Waals surface area (Å²) in [6.45, 7) is 7.96. The molecule has 1 amide bonds. The summed E-state index contributed by atoms with van der Waals surface area (Å²) in [7, 11) is 0. The second-order valence-electron chi connectivity index (χ2n) is 9.43. The minimum Gasteiger partial charge on any atom is -0.369 e. The largest absolute Gasteiger partial charge is 0.369 e. The molecule has 2 aromatic carbocycles. The van der Waals surface area contributed by atoms with Gasteiger partial charge in [0.05, 0.1) is 16.9 Å². The highest BCUT2D eigenvalue weighted by Gasteiger charge is 2.26. The minimum absolute atomic E-state index is 0.157. The summed E-state index contributed by atoms with van der Waals surface area (Å²) in [6, 6.07) is 9.34. The van der Waals surface area contributed by atoms with Crippen LogP contribution in [0, 0.1) is 17.6 Å². The van der Waals surface area contributed by atoms with E-state index in [0.29, 0.717) is 16.3 Å². The van der Waals surface area contributed by atoms with Crippen molar-refractivity contribution < 1.29 is 13.6 Å². The van der Waals surface area contributed by atoms with E-state index in [1.165, 1.54) is 12.1 Å². The fourth-order valence-electron chi connectivity index (χ4n) is 4.51. The van der Waals surface area contributed by atoms with Gasteiger partial charge in [0, 0.05) is 36.8 Å². The lowest BCUT2D eigenvalue weighted by molar-refractivity contribution is 0.102. The highest BCUT2D eigenvalue weighted by Crippen LogP contribution is 2.38. The van der Waals surface area contributed by atoms with Crippen LogP contribution in [-0.4, -0.2) is 38.6 Å². The highest BCUT2D eigenvalue weighted by molar-refractivity contribution is 6.08. The number of nitrogens with zero attached hydrogens (tertiary/aromatic N) is 5. The number of carbonyl (C=O) groups is 1. The average Bonchev–Trinajstić information content (AvgIpc) is 3.46. The highest BCUT2D eigenvalue weighted by atomic mass is 19.1. The van der Waals surface area contributed by atoms with E-state index in [0.717, 1.165) is 54.3 Å². The molecule has 8 nitrogen and oxygen atoms in total. The van der Waals surface area contributed by atoms with Crippen molar-refractivity contribution in [2.75, 3.05) is 23.3 Å². The van der Waals surface area contributed by atoms with E-state index < -0.39 is 28.8 Å². The fourth-order valence-corrected chi connectivity index (χ4v) is 4.51. The van der Waals surface area contributed by atoms with Crippen molar-refractivity contribution in [1.82, 2.24) is 19.6 Å². The molecule has 36 heavy (non-hydrogen) atoms. The summed E-state index contributed by atoms with van der Waals surface area (Å²) in [5.41, 5.74) is 0.706. The molecule has 186 valence electrons. The van der Waals surface area contributed by atoms with E-state index in [4.69, 9.17) is 0 Å². The predicted molar refractivity (Wildman–Crippen MR) is 134 cm³/mol. The summed E-state index contributed by atoms with van der Waals surface area (Å²) in [5.74, 6) is -2.02. The van der Waals surface area contributed by atoms with Crippen LogP contribution >= 0.6 is 0 Å². The Bertz CT molecular complexity index is 1510. The Hall–Kier alpha value is -4.08. The van der Waals surface area contributed by atoms with Crippen molar-refractivity contribution in [2.45, 2.75) is 33.2 Å². The topological polar surface area (TPSA) is 85.1 Å². The Morgan fingerprint density at radius 3 is 2.47 bits per heavy atom. The van der Waals surface area contributed by atoms with Crippen LogP contribution in [0.15, 0.2) is 53.5 Å². The second-order valence-corrected chi connectivity index (χ2v) is 9.43. The van der Waals surface area contributed by atoms with Gasteiger partial charge < -0.3 is 10.2 Å². The number of nitrogens with one attached hydrogen (secondary N) is 1. The molecule has 0 spiro atoms. The monoisotopic (exact) mass is 492 g/mol. The van der Waals surface area contributed by atoms with Gasteiger partial charge in [-0.2, -0.15) is 14.9 Å². The first kappa shape index (κ1) is 23.7. The van der Waals surface area contributed by atoms with E-state index in [9.17, 15) is 18.4 Å². The van der Waals surface area contributed by atoms with E-state index >= 15 is 0 Å². The minimum atomic E-state index is -0.958. The molecular formula is C26H26F2N6O2. The third-order valence-corrected chi connectivity index (χ3v) is 6.38. The van der Waals surface area contributed by atoms with Crippen LogP contribution in [0.2, 0.25) is 0 Å². The molecule has 1 fully saturated rings. The van der Waals surface area contributed by atoms with Crippen LogP contribution < -0.4 is 15.8 Å². The Kier molecular flexibility index (Phi) is 6.03. The van der Waals surface area contributed by atoms with E-state index in [1.807, 2.05) is 30.8 Å². The number of amides is 1. The zero-order valence-electron chi connectivity index (χ0n) is 20.2. The van der Waals surface area contributed by atoms with Gasteiger partial charge in [-0.05, 0) is 56.5 Å². The third kappa shape index (κ3) is 4.23. The number of hydrogen-bond acceptors (Lipinski definition) is 5. The number of aromatic nitrogens is 4. The van der Waals surface area contributed by atoms with Gasteiger partial charge in [0.1, 0.15) is 11.4 Å². The molecular weight excluding hydrogens is 466 g/mol. The van der Waals surface area contributed by atoms with Gasteiger partial charge in [0.25, 0.3) is 11.5 Å². The molecule has 0 aliphatic carbocycles. The van der Waals surface area contributed by atoms with Gasteiger partial charge in [-0.15, -0.1) is 0 Å². The van der Waals surface area contributed by atoms with Gasteiger partial charge in [-0.3, -0.25) is 14.3 Å². The molecule has 1 saturated heterocycles. The smallest absolute Gasteiger partial charge is 0.276 e. The van der Waals surface area contributed by atoms with E-state index in [1.54, 1.807) is 6.07 Å². The van der Waals surface area contributed by atoms with Crippen molar-refractivity contribution in [3.8, 4) is 5.69 Å². The zero-order chi connectivity index (χ0) is 25.6. The van der Waals surface area contributed by atoms with Gasteiger partial charge in [-0.1, -0.05) is 13.0 Å². The quantitative estimate of drug-likeness (QED) is 0.442. The fraction of sp³-hybridized carbons (Fsp3) is 0.308. The Balaban J connectivity index is 1.55. The summed E-state index contributed by atoms with van der Waals surface area (Å²) in [4.78, 5) is 27.8. The first-order valence-electron chi connectivity index (χ1n) is 11.9. The number of hydrogen-bond donors (Lipinski definition) is 1. The first-order chi connectivity index (χ1) is 17.2. The van der Waals surface area contributed by atoms with E-state index in [2.05, 4.69) is 27.3 Å². The summed E-state index contributed by atoms with van der Waals surface area (Å²) in [6.07, 6.45) is 3.01. The molecule has 1 unspecified atom stereocenters. The van der Waals surface area contributed by atoms with Crippen molar-refractivity contribution in [1.29, 1.82) is 0 Å². The predicted octanol–water partition coefficient (Wildman–Crippen LogP) is 4.54. The Morgan fingerprint density at radius 2 is 1.81 bits per heavy atom. The first-order valence-corrected chi connectivity index (χ1v) is 11.9. The zero-order valence-corrected chi connectivity index (χ0v) is 20.2. The molecule has 0 radical (unpaired) electrons. The van der Waals surface area contributed by atoms with Crippen LogP contribution in [0.4, 0.5) is 20.2 Å². The van der Waals surface area contributed by atoms with E-state index in [-0.39, 0.29) is 11.7 Å². The molecule has 0 saturated carbocycles. The summed E-state index contributed by atoms with van der Waals surface area (Å²) in [5, 5.41) is 12.5. The molecule has 0 bridgehead atoms. The molecule has 1 atom stereocenters. The van der Waals surface area contributed by atoms with Gasteiger partial charge in [-0.25, -0.2) is 8.78 Å². The molecule has 2 aromatic heterocycles. The van der Waals surface area contributed by atoms with Crippen molar-refractivity contribution >= 4 is 28.2 Å². The number of fused-ring (bicyclic) bond motifs is 1. The number of anilines is 2. The maximum Gasteiger partial charge on any atom is 0.276 e. The van der Waals surface area contributed by atoms with Gasteiger partial charge >= 0.3 is 0 Å². The lowest BCUT2D eigenvalue weighted by Crippen LogP contribution is -2.27. The molecule has 1 N–H and O–H groups in total. The number of para-hydroxylation sites is 1. The molecule has 3 heterocycles. The van der Waals surface area contributed by atoms with Crippen molar-refractivity contribution in [3.63, 3.8) is 0 Å². The number of benzene rings is 2. The lowest BCUT2D eigenvalue weighted by Gasteiger charge is -2.23. The Labute approximate surface area is 206 Å². The summed E-state index contributed by atoms with van der Waals surface area (Å²) < 4.78 is 31.1. The van der Waals surface area contributed by atoms with Crippen LogP contribution in [-0.2, 0) is 0 Å². The van der Waals surface area contributed by atoms with Crippen LogP contribution in [0.5, 0.6) is 0 Å². The maximum absolute atomic E-state index is 14.3. The molecule has 1 aliphatic heterocycles. The third-order valence-electron chi connectivity index (χ3n) is 6.38. The maximum atomic E-state index is 14.3. The second kappa shape index (κ2) is 9.18. The SMILES string of the molecule is CC1CCN(c2c(NC(=O)c3ccc(=O)n(-c4c(F)cccc4F)n3)ccc3nn(C(C)C)cc23)C1. The number of halogens is 2. The molecule has 1 aliphatic rings.